The maximum atomic E-state index is 12.9. The Balaban J connectivity index is 1.87. The lowest BCUT2D eigenvalue weighted by molar-refractivity contribution is -0.127. The molecule has 0 saturated carbocycles. The van der Waals surface area contributed by atoms with Crippen LogP contribution in [0.25, 0.3) is 0 Å². The van der Waals surface area contributed by atoms with Crippen molar-refractivity contribution in [2.45, 2.75) is 39.7 Å². The predicted molar refractivity (Wildman–Crippen MR) is 87.5 cm³/mol. The molecule has 1 aliphatic heterocycles. The molecule has 1 saturated heterocycles. The highest BCUT2D eigenvalue weighted by atomic mass is 19.1. The zero-order chi connectivity index (χ0) is 17.0. The van der Waals surface area contributed by atoms with Crippen LogP contribution in [0.4, 0.5) is 4.39 Å². The molecule has 2 amide bonds. The van der Waals surface area contributed by atoms with E-state index < -0.39 is 0 Å². The molecule has 1 atom stereocenters. The van der Waals surface area contributed by atoms with E-state index in [9.17, 15) is 14.0 Å². The molecule has 1 fully saturated rings. The van der Waals surface area contributed by atoms with E-state index in [1.807, 2.05) is 6.92 Å². The number of carbonyl (C=O) groups is 2. The molecule has 0 aliphatic carbocycles. The molecule has 23 heavy (non-hydrogen) atoms. The number of hydrogen-bond acceptors (Lipinski definition) is 2. The molecule has 1 aromatic rings. The van der Waals surface area contributed by atoms with Crippen molar-refractivity contribution in [3.05, 3.63) is 35.6 Å². The van der Waals surface area contributed by atoms with Crippen molar-refractivity contribution in [3.63, 3.8) is 0 Å². The van der Waals surface area contributed by atoms with E-state index in [0.29, 0.717) is 37.4 Å². The van der Waals surface area contributed by atoms with Crippen LogP contribution in [0.1, 0.15) is 44.0 Å². The van der Waals surface area contributed by atoms with Crippen molar-refractivity contribution >= 4 is 11.8 Å². The van der Waals surface area contributed by atoms with Crippen LogP contribution >= 0.6 is 0 Å². The molecular weight excluding hydrogens is 295 g/mol. The fourth-order valence-electron chi connectivity index (χ4n) is 2.63. The Hall–Kier alpha value is -1.91. The smallest absolute Gasteiger partial charge is 0.253 e. The summed E-state index contributed by atoms with van der Waals surface area (Å²) in [5.41, 5.74) is 0.489. The molecular formula is C18H25FN2O2. The number of amides is 2. The SMILES string of the molecule is CC(C)C(C)NC(=O)C1CCN(C(=O)c2ccc(F)cc2)CC1. The van der Waals surface area contributed by atoms with Crippen molar-refractivity contribution in [1.29, 1.82) is 0 Å². The Kier molecular flexibility index (Phi) is 5.74. The average Bonchev–Trinajstić information content (AvgIpc) is 2.55. The first kappa shape index (κ1) is 17.4. The van der Waals surface area contributed by atoms with E-state index in [1.165, 1.54) is 24.3 Å². The van der Waals surface area contributed by atoms with E-state index in [4.69, 9.17) is 0 Å². The lowest BCUT2D eigenvalue weighted by Crippen LogP contribution is -2.45. The fraction of sp³-hybridized carbons (Fsp3) is 0.556. The summed E-state index contributed by atoms with van der Waals surface area (Å²) < 4.78 is 12.9. The van der Waals surface area contributed by atoms with Gasteiger partial charge in [0.2, 0.25) is 5.91 Å². The second-order valence-corrected chi connectivity index (χ2v) is 6.61. The third-order valence-corrected chi connectivity index (χ3v) is 4.61. The number of piperidine rings is 1. The highest BCUT2D eigenvalue weighted by molar-refractivity contribution is 5.94. The molecule has 0 bridgehead atoms. The van der Waals surface area contributed by atoms with Gasteiger partial charge in [-0.3, -0.25) is 9.59 Å². The van der Waals surface area contributed by atoms with Gasteiger partial charge in [-0.25, -0.2) is 4.39 Å². The van der Waals surface area contributed by atoms with E-state index in [1.54, 1.807) is 4.90 Å². The van der Waals surface area contributed by atoms with E-state index in [0.717, 1.165) is 0 Å². The highest BCUT2D eigenvalue weighted by Gasteiger charge is 2.28. The average molecular weight is 320 g/mol. The summed E-state index contributed by atoms with van der Waals surface area (Å²) >= 11 is 0. The number of rotatable bonds is 4. The zero-order valence-electron chi connectivity index (χ0n) is 14.0. The van der Waals surface area contributed by atoms with Gasteiger partial charge in [0, 0.05) is 30.6 Å². The summed E-state index contributed by atoms with van der Waals surface area (Å²) in [6.45, 7) is 7.29. The van der Waals surface area contributed by atoms with Gasteiger partial charge in [0.25, 0.3) is 5.91 Å². The first-order chi connectivity index (χ1) is 10.9. The van der Waals surface area contributed by atoms with Gasteiger partial charge < -0.3 is 10.2 Å². The number of halogens is 1. The Morgan fingerprint density at radius 3 is 2.22 bits per heavy atom. The summed E-state index contributed by atoms with van der Waals surface area (Å²) in [7, 11) is 0. The first-order valence-corrected chi connectivity index (χ1v) is 8.23. The minimum atomic E-state index is -0.351. The summed E-state index contributed by atoms with van der Waals surface area (Å²) in [5.74, 6) is 0.00301. The number of benzene rings is 1. The van der Waals surface area contributed by atoms with Gasteiger partial charge in [-0.15, -0.1) is 0 Å². The molecule has 0 radical (unpaired) electrons. The molecule has 1 aromatic carbocycles. The van der Waals surface area contributed by atoms with Crippen LogP contribution in [0.15, 0.2) is 24.3 Å². The maximum Gasteiger partial charge on any atom is 0.253 e. The van der Waals surface area contributed by atoms with Crippen LogP contribution in [-0.4, -0.2) is 35.8 Å². The van der Waals surface area contributed by atoms with Gasteiger partial charge in [0.15, 0.2) is 0 Å². The lowest BCUT2D eigenvalue weighted by Gasteiger charge is -2.32. The van der Waals surface area contributed by atoms with Crippen LogP contribution in [0.5, 0.6) is 0 Å². The van der Waals surface area contributed by atoms with Gasteiger partial charge in [-0.1, -0.05) is 13.8 Å². The molecule has 1 heterocycles. The van der Waals surface area contributed by atoms with Crippen LogP contribution in [-0.2, 0) is 4.79 Å². The number of nitrogens with zero attached hydrogens (tertiary/aromatic N) is 1. The van der Waals surface area contributed by atoms with Gasteiger partial charge in [0.1, 0.15) is 5.82 Å². The molecule has 0 spiro atoms. The zero-order valence-corrected chi connectivity index (χ0v) is 14.0. The Labute approximate surface area is 137 Å². The highest BCUT2D eigenvalue weighted by Crippen LogP contribution is 2.20. The van der Waals surface area contributed by atoms with E-state index in [2.05, 4.69) is 19.2 Å². The third-order valence-electron chi connectivity index (χ3n) is 4.61. The first-order valence-electron chi connectivity index (χ1n) is 8.23. The molecule has 1 aliphatic rings. The van der Waals surface area contributed by atoms with Crippen LogP contribution < -0.4 is 5.32 Å². The normalized spacial score (nSPS) is 17.2. The Bertz CT molecular complexity index is 549. The van der Waals surface area contributed by atoms with Gasteiger partial charge >= 0.3 is 0 Å². The van der Waals surface area contributed by atoms with Crippen molar-refractivity contribution < 1.29 is 14.0 Å². The topological polar surface area (TPSA) is 49.4 Å². The van der Waals surface area contributed by atoms with E-state index >= 15 is 0 Å². The minimum Gasteiger partial charge on any atom is -0.353 e. The second-order valence-electron chi connectivity index (χ2n) is 6.61. The monoisotopic (exact) mass is 320 g/mol. The largest absolute Gasteiger partial charge is 0.353 e. The Morgan fingerprint density at radius 2 is 1.70 bits per heavy atom. The number of likely N-dealkylation sites (tertiary alicyclic amines) is 1. The summed E-state index contributed by atoms with van der Waals surface area (Å²) in [4.78, 5) is 26.3. The molecule has 4 nitrogen and oxygen atoms in total. The van der Waals surface area contributed by atoms with Crippen LogP contribution in [0.2, 0.25) is 0 Å². The quantitative estimate of drug-likeness (QED) is 0.927. The summed E-state index contributed by atoms with van der Waals surface area (Å²) in [6, 6.07) is 5.74. The van der Waals surface area contributed by atoms with Gasteiger partial charge in [-0.2, -0.15) is 0 Å². The molecule has 2 rings (SSSR count). The minimum absolute atomic E-state index is 0.0338. The molecule has 0 aromatic heterocycles. The van der Waals surface area contributed by atoms with Crippen LogP contribution in [0, 0.1) is 17.7 Å². The van der Waals surface area contributed by atoms with Crippen molar-refractivity contribution in [1.82, 2.24) is 10.2 Å². The maximum absolute atomic E-state index is 12.9. The number of carbonyl (C=O) groups excluding carboxylic acids is 2. The van der Waals surface area contributed by atoms with E-state index in [-0.39, 0.29) is 29.6 Å². The molecule has 126 valence electrons. The van der Waals surface area contributed by atoms with Gasteiger partial charge in [0.05, 0.1) is 0 Å². The predicted octanol–water partition coefficient (Wildman–Crippen LogP) is 2.84. The summed E-state index contributed by atoms with van der Waals surface area (Å²) in [5, 5.41) is 3.05. The molecule has 5 heteroatoms. The third kappa shape index (κ3) is 4.53. The van der Waals surface area contributed by atoms with Gasteiger partial charge in [-0.05, 0) is 49.9 Å². The number of nitrogens with one attached hydrogen (secondary N) is 1. The molecule has 1 unspecified atom stereocenters. The van der Waals surface area contributed by atoms with Crippen molar-refractivity contribution in [2.24, 2.45) is 11.8 Å². The second kappa shape index (κ2) is 7.57. The van der Waals surface area contributed by atoms with Crippen molar-refractivity contribution in [2.75, 3.05) is 13.1 Å². The van der Waals surface area contributed by atoms with Crippen molar-refractivity contribution in [3.8, 4) is 0 Å². The summed E-state index contributed by atoms with van der Waals surface area (Å²) in [6.07, 6.45) is 1.34. The standard InChI is InChI=1S/C18H25FN2O2/c1-12(2)13(3)20-17(22)14-8-10-21(11-9-14)18(23)15-4-6-16(19)7-5-15/h4-7,12-14H,8-11H2,1-3H3,(H,20,22). The van der Waals surface area contributed by atoms with Crippen LogP contribution in [0.3, 0.4) is 0 Å². The molecule has 1 N–H and O–H groups in total. The number of hydrogen-bond donors (Lipinski definition) is 1. The lowest BCUT2D eigenvalue weighted by atomic mass is 9.94. The Morgan fingerprint density at radius 1 is 1.13 bits per heavy atom. The fourth-order valence-corrected chi connectivity index (χ4v) is 2.63.